The first kappa shape index (κ1) is 12.5. The SMILES string of the molecule is Cl.NCCOC(=O)n1ncc2ccccc21. The topological polar surface area (TPSA) is 70.1 Å². The highest BCUT2D eigenvalue weighted by atomic mass is 35.5. The van der Waals surface area contributed by atoms with Crippen molar-refractivity contribution < 1.29 is 9.53 Å². The fraction of sp³-hybridized carbons (Fsp3) is 0.200. The standard InChI is InChI=1S/C10H11N3O2.ClH/c11-5-6-15-10(14)13-9-4-2-1-3-8(9)7-12-13;/h1-4,7H,5-6,11H2;1H. The van der Waals surface area contributed by atoms with Gasteiger partial charge in [-0.1, -0.05) is 18.2 Å². The largest absolute Gasteiger partial charge is 0.447 e. The lowest BCUT2D eigenvalue weighted by Gasteiger charge is -2.02. The number of fused-ring (bicyclic) bond motifs is 1. The first-order valence-electron chi connectivity index (χ1n) is 4.63. The number of nitrogens with zero attached hydrogens (tertiary/aromatic N) is 2. The van der Waals surface area contributed by atoms with Gasteiger partial charge in [-0.2, -0.15) is 9.78 Å². The Morgan fingerprint density at radius 1 is 1.44 bits per heavy atom. The minimum Gasteiger partial charge on any atom is -0.447 e. The Labute approximate surface area is 98.6 Å². The van der Waals surface area contributed by atoms with Gasteiger partial charge in [-0.15, -0.1) is 12.4 Å². The van der Waals surface area contributed by atoms with Crippen molar-refractivity contribution in [3.8, 4) is 0 Å². The number of rotatable bonds is 2. The summed E-state index contributed by atoms with van der Waals surface area (Å²) in [5.74, 6) is 0. The molecular weight excluding hydrogens is 230 g/mol. The molecule has 0 bridgehead atoms. The Morgan fingerprint density at radius 2 is 2.19 bits per heavy atom. The lowest BCUT2D eigenvalue weighted by molar-refractivity contribution is 0.149. The number of carbonyl (C=O) groups excluding carboxylic acids is 1. The first-order valence-corrected chi connectivity index (χ1v) is 4.63. The van der Waals surface area contributed by atoms with E-state index in [-0.39, 0.29) is 19.0 Å². The molecule has 0 aliphatic carbocycles. The van der Waals surface area contributed by atoms with Gasteiger partial charge in [-0.05, 0) is 6.07 Å². The van der Waals surface area contributed by atoms with Crippen LogP contribution in [0, 0.1) is 0 Å². The van der Waals surface area contributed by atoms with Gasteiger partial charge < -0.3 is 10.5 Å². The molecule has 16 heavy (non-hydrogen) atoms. The van der Waals surface area contributed by atoms with Gasteiger partial charge in [-0.3, -0.25) is 0 Å². The molecule has 2 N–H and O–H groups in total. The molecule has 0 amide bonds. The fourth-order valence-corrected chi connectivity index (χ4v) is 1.32. The summed E-state index contributed by atoms with van der Waals surface area (Å²) in [4.78, 5) is 11.5. The number of hydrogen-bond donors (Lipinski definition) is 1. The summed E-state index contributed by atoms with van der Waals surface area (Å²) in [6.45, 7) is 0.512. The minimum absolute atomic E-state index is 0. The van der Waals surface area contributed by atoms with Gasteiger partial charge in [0.05, 0.1) is 11.7 Å². The van der Waals surface area contributed by atoms with Crippen LogP contribution in [-0.4, -0.2) is 29.0 Å². The van der Waals surface area contributed by atoms with Crippen LogP contribution in [0.2, 0.25) is 0 Å². The van der Waals surface area contributed by atoms with Crippen LogP contribution in [-0.2, 0) is 4.74 Å². The number of carbonyl (C=O) groups is 1. The third-order valence-corrected chi connectivity index (χ3v) is 1.99. The molecule has 2 rings (SSSR count). The molecule has 1 heterocycles. The van der Waals surface area contributed by atoms with Crippen LogP contribution in [0.1, 0.15) is 0 Å². The first-order chi connectivity index (χ1) is 7.33. The molecule has 5 nitrogen and oxygen atoms in total. The van der Waals surface area contributed by atoms with E-state index in [1.807, 2.05) is 24.3 Å². The normalized spacial score (nSPS) is 9.81. The number of para-hydroxylation sites is 1. The van der Waals surface area contributed by atoms with E-state index in [9.17, 15) is 4.79 Å². The van der Waals surface area contributed by atoms with Crippen LogP contribution in [0.4, 0.5) is 4.79 Å². The molecule has 0 saturated carbocycles. The molecule has 0 radical (unpaired) electrons. The van der Waals surface area contributed by atoms with E-state index in [0.29, 0.717) is 6.54 Å². The van der Waals surface area contributed by atoms with Crippen LogP contribution in [0.3, 0.4) is 0 Å². The Hall–Kier alpha value is -1.59. The van der Waals surface area contributed by atoms with E-state index in [0.717, 1.165) is 10.9 Å². The summed E-state index contributed by atoms with van der Waals surface area (Å²) in [6, 6.07) is 7.43. The van der Waals surface area contributed by atoms with Crippen LogP contribution in [0.15, 0.2) is 30.5 Å². The summed E-state index contributed by atoms with van der Waals surface area (Å²) in [7, 11) is 0. The average molecular weight is 242 g/mol. The molecule has 0 aliphatic rings. The van der Waals surface area contributed by atoms with Crippen molar-refractivity contribution in [3.63, 3.8) is 0 Å². The molecule has 0 spiro atoms. The van der Waals surface area contributed by atoms with E-state index in [2.05, 4.69) is 5.10 Å². The van der Waals surface area contributed by atoms with Crippen molar-refractivity contribution in [3.05, 3.63) is 30.5 Å². The van der Waals surface area contributed by atoms with E-state index >= 15 is 0 Å². The lowest BCUT2D eigenvalue weighted by atomic mass is 10.3. The summed E-state index contributed by atoms with van der Waals surface area (Å²) >= 11 is 0. The van der Waals surface area contributed by atoms with Crippen LogP contribution < -0.4 is 5.73 Å². The highest BCUT2D eigenvalue weighted by Gasteiger charge is 2.10. The van der Waals surface area contributed by atoms with Gasteiger partial charge >= 0.3 is 6.09 Å². The number of halogens is 1. The highest BCUT2D eigenvalue weighted by Crippen LogP contribution is 2.12. The second-order valence-electron chi connectivity index (χ2n) is 3.02. The second-order valence-corrected chi connectivity index (χ2v) is 3.02. The zero-order chi connectivity index (χ0) is 10.7. The highest BCUT2D eigenvalue weighted by molar-refractivity contribution is 5.87. The molecule has 86 valence electrons. The average Bonchev–Trinajstić information content (AvgIpc) is 2.69. The number of benzene rings is 1. The van der Waals surface area contributed by atoms with Crippen molar-refractivity contribution >= 4 is 29.4 Å². The molecule has 0 atom stereocenters. The lowest BCUT2D eigenvalue weighted by Crippen LogP contribution is -2.19. The van der Waals surface area contributed by atoms with Gasteiger partial charge in [0.15, 0.2) is 0 Å². The smallest absolute Gasteiger partial charge is 0.435 e. The van der Waals surface area contributed by atoms with Crippen molar-refractivity contribution in [2.75, 3.05) is 13.2 Å². The summed E-state index contributed by atoms with van der Waals surface area (Å²) in [5.41, 5.74) is 5.97. The van der Waals surface area contributed by atoms with E-state index < -0.39 is 6.09 Å². The van der Waals surface area contributed by atoms with Crippen molar-refractivity contribution in [1.29, 1.82) is 0 Å². The number of hydrogen-bond acceptors (Lipinski definition) is 4. The Morgan fingerprint density at radius 3 is 2.94 bits per heavy atom. The predicted octanol–water partition coefficient (Wildman–Crippen LogP) is 1.40. The van der Waals surface area contributed by atoms with E-state index in [4.69, 9.17) is 10.5 Å². The Bertz CT molecular complexity index is 484. The summed E-state index contributed by atoms with van der Waals surface area (Å²) in [5, 5.41) is 4.85. The maximum absolute atomic E-state index is 11.5. The van der Waals surface area contributed by atoms with E-state index in [1.54, 1.807) is 6.20 Å². The second kappa shape index (κ2) is 5.48. The molecular formula is C10H12ClN3O2. The van der Waals surface area contributed by atoms with Crippen molar-refractivity contribution in [2.45, 2.75) is 0 Å². The van der Waals surface area contributed by atoms with Crippen molar-refractivity contribution in [1.82, 2.24) is 9.78 Å². The van der Waals surface area contributed by atoms with Crippen LogP contribution in [0.25, 0.3) is 10.9 Å². The molecule has 0 fully saturated rings. The third-order valence-electron chi connectivity index (χ3n) is 1.99. The van der Waals surface area contributed by atoms with Gasteiger partial charge in [0.2, 0.25) is 0 Å². The minimum atomic E-state index is -0.498. The number of nitrogens with two attached hydrogens (primary N) is 1. The van der Waals surface area contributed by atoms with Crippen LogP contribution >= 0.6 is 12.4 Å². The molecule has 6 heteroatoms. The monoisotopic (exact) mass is 241 g/mol. The molecule has 0 unspecified atom stereocenters. The zero-order valence-corrected chi connectivity index (χ0v) is 9.31. The number of ether oxygens (including phenoxy) is 1. The van der Waals surface area contributed by atoms with Crippen LogP contribution in [0.5, 0.6) is 0 Å². The maximum Gasteiger partial charge on any atom is 0.435 e. The van der Waals surface area contributed by atoms with E-state index in [1.165, 1.54) is 4.68 Å². The molecule has 0 saturated heterocycles. The van der Waals surface area contributed by atoms with Crippen molar-refractivity contribution in [2.24, 2.45) is 5.73 Å². The zero-order valence-electron chi connectivity index (χ0n) is 8.50. The number of aromatic nitrogens is 2. The predicted molar refractivity (Wildman–Crippen MR) is 62.8 cm³/mol. The molecule has 2 aromatic rings. The molecule has 1 aromatic carbocycles. The third kappa shape index (κ3) is 2.32. The molecule has 1 aromatic heterocycles. The fourth-order valence-electron chi connectivity index (χ4n) is 1.32. The van der Waals surface area contributed by atoms with Gasteiger partial charge in [0.1, 0.15) is 6.61 Å². The van der Waals surface area contributed by atoms with Gasteiger partial charge in [0, 0.05) is 11.9 Å². The Balaban J connectivity index is 0.00000128. The maximum atomic E-state index is 11.5. The molecule has 0 aliphatic heterocycles. The van der Waals surface area contributed by atoms with Gasteiger partial charge in [-0.25, -0.2) is 4.79 Å². The van der Waals surface area contributed by atoms with Gasteiger partial charge in [0.25, 0.3) is 0 Å². The summed E-state index contributed by atoms with van der Waals surface area (Å²) in [6.07, 6.45) is 1.13. The Kier molecular flexibility index (Phi) is 4.28. The quantitative estimate of drug-likeness (QED) is 0.863. The summed E-state index contributed by atoms with van der Waals surface area (Å²) < 4.78 is 6.11.